The molecule has 1 aromatic rings. The highest BCUT2D eigenvalue weighted by atomic mass is 35.5. The number of halogens is 4. The minimum Gasteiger partial charge on any atom is -0.444 e. The van der Waals surface area contributed by atoms with Crippen LogP contribution in [0.4, 0.5) is 23.7 Å². The molecular weight excluding hydrogens is 299 g/mol. The second kappa shape index (κ2) is 5.78. The van der Waals surface area contributed by atoms with E-state index >= 15 is 0 Å². The summed E-state index contributed by atoms with van der Waals surface area (Å²) in [6, 6.07) is 3.17. The van der Waals surface area contributed by atoms with E-state index in [4.69, 9.17) is 16.3 Å². The monoisotopic (exact) mass is 311 g/mol. The second-order valence-electron chi connectivity index (χ2n) is 4.82. The van der Waals surface area contributed by atoms with E-state index < -0.39 is 23.8 Å². The van der Waals surface area contributed by atoms with Gasteiger partial charge in [0.05, 0.1) is 10.7 Å². The highest BCUT2D eigenvalue weighted by molar-refractivity contribution is 6.33. The normalized spacial score (nSPS) is 11.9. The molecule has 1 rings (SSSR count). The third-order valence-electron chi connectivity index (χ3n) is 1.81. The zero-order valence-electron chi connectivity index (χ0n) is 11.0. The summed E-state index contributed by atoms with van der Waals surface area (Å²) in [6.45, 7) is 4.95. The Balaban J connectivity index is 2.84. The van der Waals surface area contributed by atoms with Gasteiger partial charge in [0.1, 0.15) is 11.4 Å². The zero-order chi connectivity index (χ0) is 15.6. The molecule has 0 saturated carbocycles. The van der Waals surface area contributed by atoms with Crippen LogP contribution in [0, 0.1) is 0 Å². The van der Waals surface area contributed by atoms with Crippen LogP contribution in [0.3, 0.4) is 0 Å². The maximum absolute atomic E-state index is 12.1. The number of carbonyl (C=O) groups excluding carboxylic acids is 1. The Morgan fingerprint density at radius 3 is 2.35 bits per heavy atom. The summed E-state index contributed by atoms with van der Waals surface area (Å²) in [5.41, 5.74) is -0.779. The van der Waals surface area contributed by atoms with Crippen molar-refractivity contribution >= 4 is 23.4 Å². The molecule has 0 bridgehead atoms. The molecule has 1 N–H and O–H groups in total. The second-order valence-corrected chi connectivity index (χ2v) is 5.22. The van der Waals surface area contributed by atoms with Crippen LogP contribution in [-0.4, -0.2) is 18.1 Å². The number of benzene rings is 1. The van der Waals surface area contributed by atoms with Crippen molar-refractivity contribution < 1.29 is 27.4 Å². The lowest BCUT2D eigenvalue weighted by molar-refractivity contribution is -0.274. The van der Waals surface area contributed by atoms with Gasteiger partial charge in [-0.2, -0.15) is 0 Å². The molecule has 0 unspecified atom stereocenters. The molecule has 0 spiro atoms. The van der Waals surface area contributed by atoms with Crippen molar-refractivity contribution in [2.75, 3.05) is 5.32 Å². The molecule has 1 aromatic carbocycles. The van der Waals surface area contributed by atoms with Crippen molar-refractivity contribution in [3.8, 4) is 5.75 Å². The summed E-state index contributed by atoms with van der Waals surface area (Å²) in [5.74, 6) is -0.493. The minimum atomic E-state index is -4.82. The average Bonchev–Trinajstić information content (AvgIpc) is 2.18. The Kier molecular flexibility index (Phi) is 4.75. The van der Waals surface area contributed by atoms with E-state index in [1.807, 2.05) is 0 Å². The maximum atomic E-state index is 12.1. The Labute approximate surface area is 118 Å². The molecule has 0 heterocycles. The Hall–Kier alpha value is -1.63. The van der Waals surface area contributed by atoms with Crippen molar-refractivity contribution in [1.29, 1.82) is 0 Å². The van der Waals surface area contributed by atoms with Crippen molar-refractivity contribution in [3.63, 3.8) is 0 Å². The van der Waals surface area contributed by atoms with E-state index in [0.29, 0.717) is 0 Å². The summed E-state index contributed by atoms with van der Waals surface area (Å²) in [6.07, 6.45) is -5.65. The highest BCUT2D eigenvalue weighted by Gasteiger charge is 2.31. The van der Waals surface area contributed by atoms with Crippen LogP contribution in [0.2, 0.25) is 5.02 Å². The highest BCUT2D eigenvalue weighted by Crippen LogP contribution is 2.30. The molecule has 0 saturated heterocycles. The van der Waals surface area contributed by atoms with Gasteiger partial charge >= 0.3 is 12.5 Å². The first-order valence-corrected chi connectivity index (χ1v) is 5.89. The van der Waals surface area contributed by atoms with Gasteiger partial charge < -0.3 is 9.47 Å². The molecule has 0 aliphatic rings. The molecule has 0 fully saturated rings. The number of hydrogen-bond donors (Lipinski definition) is 1. The van der Waals surface area contributed by atoms with Gasteiger partial charge in [-0.1, -0.05) is 11.6 Å². The van der Waals surface area contributed by atoms with Gasteiger partial charge in [0.2, 0.25) is 0 Å². The minimum absolute atomic E-state index is 0.0392. The van der Waals surface area contributed by atoms with Gasteiger partial charge in [-0.15, -0.1) is 13.2 Å². The number of anilines is 1. The molecule has 0 atom stereocenters. The third-order valence-corrected chi connectivity index (χ3v) is 2.14. The smallest absolute Gasteiger partial charge is 0.444 e. The largest absolute Gasteiger partial charge is 0.573 e. The Bertz CT molecular complexity index is 498. The summed E-state index contributed by atoms with van der Waals surface area (Å²) in [4.78, 5) is 11.5. The molecule has 112 valence electrons. The quantitative estimate of drug-likeness (QED) is 0.869. The van der Waals surface area contributed by atoms with E-state index in [-0.39, 0.29) is 10.7 Å². The first kappa shape index (κ1) is 16.4. The van der Waals surface area contributed by atoms with E-state index in [1.165, 1.54) is 6.07 Å². The first-order valence-electron chi connectivity index (χ1n) is 5.51. The first-order chi connectivity index (χ1) is 8.96. The molecule has 0 radical (unpaired) electrons. The van der Waals surface area contributed by atoms with Gasteiger partial charge in [-0.3, -0.25) is 5.32 Å². The van der Waals surface area contributed by atoms with Crippen LogP contribution in [0.5, 0.6) is 5.75 Å². The predicted octanol–water partition coefficient (Wildman–Crippen LogP) is 4.59. The number of amides is 1. The lowest BCUT2D eigenvalue weighted by Crippen LogP contribution is -2.27. The predicted molar refractivity (Wildman–Crippen MR) is 68.0 cm³/mol. The molecule has 1 amide bonds. The average molecular weight is 312 g/mol. The van der Waals surface area contributed by atoms with Gasteiger partial charge in [-0.05, 0) is 32.9 Å². The fourth-order valence-electron chi connectivity index (χ4n) is 1.21. The topological polar surface area (TPSA) is 47.6 Å². The van der Waals surface area contributed by atoms with Gasteiger partial charge in [-0.25, -0.2) is 4.79 Å². The van der Waals surface area contributed by atoms with Crippen LogP contribution < -0.4 is 10.1 Å². The van der Waals surface area contributed by atoms with Crippen LogP contribution in [0.1, 0.15) is 20.8 Å². The van der Waals surface area contributed by atoms with Crippen molar-refractivity contribution in [3.05, 3.63) is 23.2 Å². The van der Waals surface area contributed by atoms with E-state index in [1.54, 1.807) is 20.8 Å². The lowest BCUT2D eigenvalue weighted by atomic mass is 10.2. The molecule has 0 aromatic heterocycles. The van der Waals surface area contributed by atoms with Crippen LogP contribution in [0.15, 0.2) is 18.2 Å². The Morgan fingerprint density at radius 1 is 1.25 bits per heavy atom. The zero-order valence-corrected chi connectivity index (χ0v) is 11.7. The number of rotatable bonds is 2. The fourth-order valence-corrected chi connectivity index (χ4v) is 1.38. The molecule has 4 nitrogen and oxygen atoms in total. The van der Waals surface area contributed by atoms with Gasteiger partial charge in [0, 0.05) is 6.07 Å². The standard InChI is InChI=1S/C12H13ClF3NO3/c1-11(2,3)20-10(18)17-9-6-7(4-5-8(9)13)19-12(14,15)16/h4-6H,1-3H3,(H,17,18). The van der Waals surface area contributed by atoms with E-state index in [2.05, 4.69) is 10.1 Å². The lowest BCUT2D eigenvalue weighted by Gasteiger charge is -2.20. The van der Waals surface area contributed by atoms with Crippen molar-refractivity contribution in [2.24, 2.45) is 0 Å². The molecule has 0 aliphatic carbocycles. The van der Waals surface area contributed by atoms with Crippen molar-refractivity contribution in [2.45, 2.75) is 32.7 Å². The summed E-state index contributed by atoms with van der Waals surface area (Å²) in [7, 11) is 0. The van der Waals surface area contributed by atoms with Gasteiger partial charge in [0.15, 0.2) is 0 Å². The molecule has 8 heteroatoms. The van der Waals surface area contributed by atoms with E-state index in [9.17, 15) is 18.0 Å². The molecule has 20 heavy (non-hydrogen) atoms. The van der Waals surface area contributed by atoms with Gasteiger partial charge in [0.25, 0.3) is 0 Å². The third kappa shape index (κ3) is 6.01. The number of hydrogen-bond acceptors (Lipinski definition) is 3. The summed E-state index contributed by atoms with van der Waals surface area (Å²) >= 11 is 5.78. The number of nitrogens with one attached hydrogen (secondary N) is 1. The van der Waals surface area contributed by atoms with Crippen LogP contribution in [0.25, 0.3) is 0 Å². The SMILES string of the molecule is CC(C)(C)OC(=O)Nc1cc(OC(F)(F)F)ccc1Cl. The maximum Gasteiger partial charge on any atom is 0.573 e. The number of ether oxygens (including phenoxy) is 2. The molecular formula is C12H13ClF3NO3. The number of carbonyl (C=O) groups is 1. The summed E-state index contributed by atoms with van der Waals surface area (Å²) < 4.78 is 45.0. The Morgan fingerprint density at radius 2 is 1.85 bits per heavy atom. The summed E-state index contributed by atoms with van der Waals surface area (Å²) in [5, 5.41) is 2.31. The molecule has 0 aliphatic heterocycles. The van der Waals surface area contributed by atoms with Crippen LogP contribution in [-0.2, 0) is 4.74 Å². The van der Waals surface area contributed by atoms with E-state index in [0.717, 1.165) is 12.1 Å². The number of alkyl halides is 3. The van der Waals surface area contributed by atoms with Crippen molar-refractivity contribution in [1.82, 2.24) is 0 Å². The fraction of sp³-hybridized carbons (Fsp3) is 0.417. The van der Waals surface area contributed by atoms with Crippen LogP contribution >= 0.6 is 11.6 Å².